The fourth-order valence-corrected chi connectivity index (χ4v) is 3.03. The van der Waals surface area contributed by atoms with Crippen LogP contribution in [0.4, 0.5) is 11.4 Å². The minimum atomic E-state index is -0.110. The van der Waals surface area contributed by atoms with Crippen LogP contribution in [0.25, 0.3) is 0 Å². The van der Waals surface area contributed by atoms with Crippen LogP contribution in [0.2, 0.25) is 0 Å². The molecule has 0 aromatic heterocycles. The lowest BCUT2D eigenvalue weighted by molar-refractivity contribution is -0.114. The molecule has 3 aromatic carbocycles. The summed E-state index contributed by atoms with van der Waals surface area (Å²) in [6.45, 7) is 5.85. The van der Waals surface area contributed by atoms with Crippen LogP contribution in [0.1, 0.15) is 25.8 Å². The third-order valence-corrected chi connectivity index (χ3v) is 4.91. The maximum atomic E-state index is 12.2. The number of hydrogen-bond acceptors (Lipinski definition) is 4. The molecular weight excluding hydrogens is 400 g/mol. The smallest absolute Gasteiger partial charge is 0.243 e. The number of amides is 1. The van der Waals surface area contributed by atoms with Gasteiger partial charge in [-0.3, -0.25) is 4.79 Å². The fraction of sp³-hybridized carbons (Fsp3) is 0.296. The third-order valence-electron chi connectivity index (χ3n) is 4.91. The lowest BCUT2D eigenvalue weighted by atomic mass is 10.1. The van der Waals surface area contributed by atoms with Crippen LogP contribution in [-0.4, -0.2) is 25.7 Å². The summed E-state index contributed by atoms with van der Waals surface area (Å²) in [5.41, 5.74) is 2.87. The van der Waals surface area contributed by atoms with Gasteiger partial charge < -0.3 is 20.1 Å². The van der Waals surface area contributed by atoms with E-state index in [1.807, 2.05) is 66.7 Å². The summed E-state index contributed by atoms with van der Waals surface area (Å²) >= 11 is 0. The Labute approximate surface area is 190 Å². The molecule has 0 spiro atoms. The molecule has 0 bridgehead atoms. The number of hydrogen-bond donors (Lipinski definition) is 2. The van der Waals surface area contributed by atoms with Gasteiger partial charge in [0.2, 0.25) is 5.91 Å². The van der Waals surface area contributed by atoms with Gasteiger partial charge in [-0.05, 0) is 66.4 Å². The standard InChI is InChI=1S/C27H32N2O3/c1-21(2)16-18-31-26-14-10-24(11-15-26)29-27(30)20-28-23-8-12-25(13-9-23)32-19-17-22-6-4-3-5-7-22/h3-15,21,28H,16-20H2,1-2H3,(H,29,30). The summed E-state index contributed by atoms with van der Waals surface area (Å²) in [6, 6.07) is 25.4. The Kier molecular flexibility index (Phi) is 8.99. The molecule has 1 amide bonds. The van der Waals surface area contributed by atoms with E-state index in [1.165, 1.54) is 5.56 Å². The molecule has 2 N–H and O–H groups in total. The normalized spacial score (nSPS) is 10.6. The molecular formula is C27H32N2O3. The molecule has 5 nitrogen and oxygen atoms in total. The molecule has 0 saturated heterocycles. The second-order valence-electron chi connectivity index (χ2n) is 8.07. The van der Waals surface area contributed by atoms with Crippen molar-refractivity contribution in [2.75, 3.05) is 30.4 Å². The zero-order valence-corrected chi connectivity index (χ0v) is 18.8. The largest absolute Gasteiger partial charge is 0.494 e. The Morgan fingerprint density at radius 3 is 2.00 bits per heavy atom. The Morgan fingerprint density at radius 1 is 0.781 bits per heavy atom. The Hall–Kier alpha value is -3.47. The van der Waals surface area contributed by atoms with E-state index >= 15 is 0 Å². The van der Waals surface area contributed by atoms with Crippen molar-refractivity contribution < 1.29 is 14.3 Å². The first-order chi connectivity index (χ1) is 15.6. The number of ether oxygens (including phenoxy) is 2. The second-order valence-corrected chi connectivity index (χ2v) is 8.07. The Bertz CT molecular complexity index is 939. The molecule has 0 unspecified atom stereocenters. The number of benzene rings is 3. The molecule has 3 aromatic rings. The maximum absolute atomic E-state index is 12.2. The van der Waals surface area contributed by atoms with Gasteiger partial charge in [-0.2, -0.15) is 0 Å². The molecule has 3 rings (SSSR count). The predicted molar refractivity (Wildman–Crippen MR) is 131 cm³/mol. The third kappa shape index (κ3) is 8.34. The zero-order chi connectivity index (χ0) is 22.6. The second kappa shape index (κ2) is 12.4. The Morgan fingerprint density at radius 2 is 1.38 bits per heavy atom. The van der Waals surface area contributed by atoms with Crippen LogP contribution < -0.4 is 20.1 Å². The molecule has 0 heterocycles. The molecule has 0 fully saturated rings. The molecule has 168 valence electrons. The van der Waals surface area contributed by atoms with E-state index in [0.717, 1.165) is 35.7 Å². The molecule has 5 heteroatoms. The van der Waals surface area contributed by atoms with Gasteiger partial charge in [-0.1, -0.05) is 44.2 Å². The van der Waals surface area contributed by atoms with Crippen molar-refractivity contribution >= 4 is 17.3 Å². The van der Waals surface area contributed by atoms with Crippen LogP contribution >= 0.6 is 0 Å². The van der Waals surface area contributed by atoms with Gasteiger partial charge in [0.1, 0.15) is 11.5 Å². The quantitative estimate of drug-likeness (QED) is 0.381. The van der Waals surface area contributed by atoms with E-state index in [1.54, 1.807) is 0 Å². The number of nitrogens with one attached hydrogen (secondary N) is 2. The Balaban J connectivity index is 1.36. The van der Waals surface area contributed by atoms with E-state index in [-0.39, 0.29) is 12.5 Å². The highest BCUT2D eigenvalue weighted by Gasteiger charge is 2.04. The number of carbonyl (C=O) groups excluding carboxylic acids is 1. The number of rotatable bonds is 12. The van der Waals surface area contributed by atoms with Crippen molar-refractivity contribution in [2.45, 2.75) is 26.7 Å². The van der Waals surface area contributed by atoms with Gasteiger partial charge in [-0.25, -0.2) is 0 Å². The first kappa shape index (κ1) is 23.2. The molecule has 32 heavy (non-hydrogen) atoms. The van der Waals surface area contributed by atoms with Crippen LogP contribution in [0.3, 0.4) is 0 Å². The summed E-state index contributed by atoms with van der Waals surface area (Å²) < 4.78 is 11.5. The van der Waals surface area contributed by atoms with Gasteiger partial charge in [0.15, 0.2) is 0 Å². The molecule has 0 saturated carbocycles. The first-order valence-electron chi connectivity index (χ1n) is 11.1. The highest BCUT2D eigenvalue weighted by atomic mass is 16.5. The molecule has 0 aliphatic carbocycles. The summed E-state index contributed by atoms with van der Waals surface area (Å²) in [5.74, 6) is 2.13. The fourth-order valence-electron chi connectivity index (χ4n) is 3.03. The minimum Gasteiger partial charge on any atom is -0.494 e. The molecule has 0 aliphatic heterocycles. The SMILES string of the molecule is CC(C)CCOc1ccc(NC(=O)CNc2ccc(OCCc3ccccc3)cc2)cc1. The molecule has 0 radical (unpaired) electrons. The van der Waals surface area contributed by atoms with Crippen molar-refractivity contribution in [1.82, 2.24) is 0 Å². The van der Waals surface area contributed by atoms with E-state index in [9.17, 15) is 4.79 Å². The van der Waals surface area contributed by atoms with Gasteiger partial charge in [0.05, 0.1) is 19.8 Å². The van der Waals surface area contributed by atoms with Gasteiger partial charge >= 0.3 is 0 Å². The summed E-state index contributed by atoms with van der Waals surface area (Å²) in [4.78, 5) is 12.2. The van der Waals surface area contributed by atoms with E-state index in [4.69, 9.17) is 9.47 Å². The van der Waals surface area contributed by atoms with Gasteiger partial charge in [0.25, 0.3) is 0 Å². The molecule has 0 atom stereocenters. The average Bonchev–Trinajstić information content (AvgIpc) is 2.80. The van der Waals surface area contributed by atoms with Crippen molar-refractivity contribution in [2.24, 2.45) is 5.92 Å². The topological polar surface area (TPSA) is 59.6 Å². The van der Waals surface area contributed by atoms with Crippen molar-refractivity contribution in [3.8, 4) is 11.5 Å². The minimum absolute atomic E-state index is 0.110. The van der Waals surface area contributed by atoms with Gasteiger partial charge in [-0.15, -0.1) is 0 Å². The summed E-state index contributed by atoms with van der Waals surface area (Å²) in [7, 11) is 0. The van der Waals surface area contributed by atoms with Gasteiger partial charge in [0, 0.05) is 17.8 Å². The first-order valence-corrected chi connectivity index (χ1v) is 11.1. The van der Waals surface area contributed by atoms with Crippen molar-refractivity contribution in [1.29, 1.82) is 0 Å². The highest BCUT2D eigenvalue weighted by molar-refractivity contribution is 5.93. The van der Waals surface area contributed by atoms with E-state index < -0.39 is 0 Å². The average molecular weight is 433 g/mol. The lowest BCUT2D eigenvalue weighted by Crippen LogP contribution is -2.21. The predicted octanol–water partition coefficient (Wildman–Crippen LogP) is 5.78. The van der Waals surface area contributed by atoms with Crippen LogP contribution in [0.5, 0.6) is 11.5 Å². The van der Waals surface area contributed by atoms with E-state index in [0.29, 0.717) is 19.1 Å². The zero-order valence-electron chi connectivity index (χ0n) is 18.8. The maximum Gasteiger partial charge on any atom is 0.243 e. The van der Waals surface area contributed by atoms with Crippen LogP contribution in [0.15, 0.2) is 78.9 Å². The number of carbonyl (C=O) groups is 1. The monoisotopic (exact) mass is 432 g/mol. The number of anilines is 2. The van der Waals surface area contributed by atoms with E-state index in [2.05, 4.69) is 36.6 Å². The lowest BCUT2D eigenvalue weighted by Gasteiger charge is -2.11. The van der Waals surface area contributed by atoms with Crippen LogP contribution in [-0.2, 0) is 11.2 Å². The summed E-state index contributed by atoms with van der Waals surface area (Å²) in [6.07, 6.45) is 1.89. The van der Waals surface area contributed by atoms with Crippen LogP contribution in [0, 0.1) is 5.92 Å². The molecule has 0 aliphatic rings. The summed E-state index contributed by atoms with van der Waals surface area (Å²) in [5, 5.41) is 6.02. The van der Waals surface area contributed by atoms with Crippen molar-refractivity contribution in [3.63, 3.8) is 0 Å². The highest BCUT2D eigenvalue weighted by Crippen LogP contribution is 2.18. The van der Waals surface area contributed by atoms with Crippen molar-refractivity contribution in [3.05, 3.63) is 84.4 Å².